The first kappa shape index (κ1) is 13.3. The predicted octanol–water partition coefficient (Wildman–Crippen LogP) is 2.66. The molecule has 4 nitrogen and oxygen atoms in total. The van der Waals surface area contributed by atoms with Crippen LogP contribution in [0, 0.1) is 11.8 Å². The summed E-state index contributed by atoms with van der Waals surface area (Å²) < 4.78 is 5.64. The highest BCUT2D eigenvalue weighted by molar-refractivity contribution is 5.98. The minimum atomic E-state index is -0.0231. The number of carbonyl (C=O) groups excluding carboxylic acids is 1. The summed E-state index contributed by atoms with van der Waals surface area (Å²) in [4.78, 5) is 12.3. The van der Waals surface area contributed by atoms with Crippen LogP contribution in [0.5, 0.6) is 5.75 Å². The molecule has 2 aliphatic rings. The molecule has 1 amide bonds. The third-order valence-corrected chi connectivity index (χ3v) is 4.28. The van der Waals surface area contributed by atoms with Gasteiger partial charge >= 0.3 is 0 Å². The van der Waals surface area contributed by atoms with Gasteiger partial charge in [0.15, 0.2) is 5.75 Å². The van der Waals surface area contributed by atoms with Gasteiger partial charge in [-0.25, -0.2) is 0 Å². The van der Waals surface area contributed by atoms with Crippen LogP contribution < -0.4 is 15.4 Å². The smallest absolute Gasteiger partial charge is 0.255 e. The highest BCUT2D eigenvalue weighted by Gasteiger charge is 2.23. The minimum Gasteiger partial charge on any atom is -0.489 e. The summed E-state index contributed by atoms with van der Waals surface area (Å²) in [7, 11) is 0. The number of amides is 1. The molecular weight excluding hydrogens is 252 g/mol. The third-order valence-electron chi connectivity index (χ3n) is 4.28. The molecule has 2 atom stereocenters. The molecule has 20 heavy (non-hydrogen) atoms. The molecule has 1 heterocycles. The first-order valence-electron chi connectivity index (χ1n) is 7.52. The quantitative estimate of drug-likeness (QED) is 0.891. The summed E-state index contributed by atoms with van der Waals surface area (Å²) in [5, 5.41) is 6.32. The van der Waals surface area contributed by atoms with E-state index in [-0.39, 0.29) is 5.91 Å². The molecule has 0 aromatic heterocycles. The molecule has 1 aromatic rings. The molecule has 1 aliphatic carbocycles. The van der Waals surface area contributed by atoms with Gasteiger partial charge in [-0.05, 0) is 36.8 Å². The Balaban J connectivity index is 1.65. The number of hydrogen-bond acceptors (Lipinski definition) is 3. The minimum absolute atomic E-state index is 0.0231. The molecule has 1 saturated carbocycles. The number of fused-ring (bicyclic) bond motifs is 1. The monoisotopic (exact) mass is 274 g/mol. The zero-order valence-corrected chi connectivity index (χ0v) is 11.9. The topological polar surface area (TPSA) is 50.4 Å². The van der Waals surface area contributed by atoms with Gasteiger partial charge in [-0.2, -0.15) is 0 Å². The second-order valence-corrected chi connectivity index (χ2v) is 5.95. The van der Waals surface area contributed by atoms with Crippen LogP contribution in [0.25, 0.3) is 0 Å². The summed E-state index contributed by atoms with van der Waals surface area (Å²) >= 11 is 0. The summed E-state index contributed by atoms with van der Waals surface area (Å²) in [5.41, 5.74) is 1.55. The van der Waals surface area contributed by atoms with E-state index in [4.69, 9.17) is 4.74 Å². The van der Waals surface area contributed by atoms with Crippen LogP contribution in [-0.4, -0.2) is 25.6 Å². The highest BCUT2D eigenvalue weighted by atomic mass is 16.5. The van der Waals surface area contributed by atoms with Crippen molar-refractivity contribution >= 4 is 11.6 Å². The Morgan fingerprint density at radius 1 is 1.45 bits per heavy atom. The van der Waals surface area contributed by atoms with Gasteiger partial charge in [0.05, 0.1) is 11.3 Å². The summed E-state index contributed by atoms with van der Waals surface area (Å²) in [6, 6.07) is 5.68. The van der Waals surface area contributed by atoms with Crippen LogP contribution in [0.1, 0.15) is 36.5 Å². The average molecular weight is 274 g/mol. The van der Waals surface area contributed by atoms with Crippen molar-refractivity contribution in [3.8, 4) is 5.75 Å². The molecule has 3 rings (SSSR count). The van der Waals surface area contributed by atoms with E-state index in [2.05, 4.69) is 17.6 Å². The fourth-order valence-electron chi connectivity index (χ4n) is 3.19. The molecule has 1 fully saturated rings. The van der Waals surface area contributed by atoms with E-state index in [9.17, 15) is 4.79 Å². The lowest BCUT2D eigenvalue weighted by molar-refractivity contribution is 0.0943. The van der Waals surface area contributed by atoms with Gasteiger partial charge in [0.25, 0.3) is 5.91 Å². The molecule has 2 N–H and O–H groups in total. The van der Waals surface area contributed by atoms with E-state index >= 15 is 0 Å². The van der Waals surface area contributed by atoms with Gasteiger partial charge in [-0.15, -0.1) is 0 Å². The number of carbonyl (C=O) groups is 1. The van der Waals surface area contributed by atoms with E-state index in [1.165, 1.54) is 19.3 Å². The van der Waals surface area contributed by atoms with Crippen molar-refractivity contribution in [1.82, 2.24) is 5.32 Å². The maximum absolute atomic E-state index is 12.3. The van der Waals surface area contributed by atoms with E-state index in [0.29, 0.717) is 23.8 Å². The van der Waals surface area contributed by atoms with Crippen molar-refractivity contribution in [2.24, 2.45) is 11.8 Å². The lowest BCUT2D eigenvalue weighted by atomic mass is 10.1. The Morgan fingerprint density at radius 2 is 2.35 bits per heavy atom. The largest absolute Gasteiger partial charge is 0.489 e. The zero-order valence-electron chi connectivity index (χ0n) is 11.9. The molecule has 2 unspecified atom stereocenters. The fourth-order valence-corrected chi connectivity index (χ4v) is 3.19. The van der Waals surface area contributed by atoms with Gasteiger partial charge < -0.3 is 15.4 Å². The molecular formula is C16H22N2O2. The zero-order chi connectivity index (χ0) is 13.9. The Morgan fingerprint density at radius 3 is 3.15 bits per heavy atom. The standard InChI is InChI=1S/C16H22N2O2/c1-11-5-6-12(9-11)10-18-16(19)13-3-2-4-14-15(13)20-8-7-17-14/h2-4,11-12,17H,5-10H2,1H3,(H,18,19). The molecule has 1 aliphatic heterocycles. The van der Waals surface area contributed by atoms with E-state index in [1.54, 1.807) is 0 Å². The van der Waals surface area contributed by atoms with Crippen molar-refractivity contribution in [3.05, 3.63) is 23.8 Å². The number of hydrogen-bond donors (Lipinski definition) is 2. The normalized spacial score (nSPS) is 24.4. The molecule has 4 heteroatoms. The lowest BCUT2D eigenvalue weighted by Crippen LogP contribution is -2.30. The molecule has 108 valence electrons. The first-order chi connectivity index (χ1) is 9.74. The first-order valence-corrected chi connectivity index (χ1v) is 7.52. The number of ether oxygens (including phenoxy) is 1. The van der Waals surface area contributed by atoms with Crippen LogP contribution in [0.4, 0.5) is 5.69 Å². The van der Waals surface area contributed by atoms with E-state index in [1.807, 2.05) is 18.2 Å². The molecule has 0 saturated heterocycles. The molecule has 0 bridgehead atoms. The van der Waals surface area contributed by atoms with Crippen LogP contribution in [0.15, 0.2) is 18.2 Å². The van der Waals surface area contributed by atoms with Crippen molar-refractivity contribution < 1.29 is 9.53 Å². The van der Waals surface area contributed by atoms with Crippen molar-refractivity contribution in [2.45, 2.75) is 26.2 Å². The van der Waals surface area contributed by atoms with Gasteiger partial charge in [-0.1, -0.05) is 19.4 Å². The molecule has 0 radical (unpaired) electrons. The summed E-state index contributed by atoms with van der Waals surface area (Å²) in [6.07, 6.45) is 3.74. The molecule has 1 aromatic carbocycles. The maximum Gasteiger partial charge on any atom is 0.255 e. The van der Waals surface area contributed by atoms with Crippen LogP contribution in [0.2, 0.25) is 0 Å². The van der Waals surface area contributed by atoms with Crippen LogP contribution in [0.3, 0.4) is 0 Å². The Bertz CT molecular complexity index is 501. The number of rotatable bonds is 3. The Hall–Kier alpha value is -1.71. The third kappa shape index (κ3) is 2.74. The van der Waals surface area contributed by atoms with E-state index in [0.717, 1.165) is 24.7 Å². The summed E-state index contributed by atoms with van der Waals surface area (Å²) in [6.45, 7) is 4.46. The number of benzene rings is 1. The lowest BCUT2D eigenvalue weighted by Gasteiger charge is -2.21. The number of para-hydroxylation sites is 1. The number of nitrogens with one attached hydrogen (secondary N) is 2. The van der Waals surface area contributed by atoms with E-state index < -0.39 is 0 Å². The van der Waals surface area contributed by atoms with Crippen molar-refractivity contribution in [3.63, 3.8) is 0 Å². The maximum atomic E-state index is 12.3. The Kier molecular flexibility index (Phi) is 3.81. The van der Waals surface area contributed by atoms with Gasteiger partial charge in [-0.3, -0.25) is 4.79 Å². The molecule has 0 spiro atoms. The second kappa shape index (κ2) is 5.73. The van der Waals surface area contributed by atoms with Gasteiger partial charge in [0.1, 0.15) is 6.61 Å². The highest BCUT2D eigenvalue weighted by Crippen LogP contribution is 2.32. The second-order valence-electron chi connectivity index (χ2n) is 5.95. The predicted molar refractivity (Wildman–Crippen MR) is 79.3 cm³/mol. The number of anilines is 1. The Labute approximate surface area is 119 Å². The fraction of sp³-hybridized carbons (Fsp3) is 0.562. The van der Waals surface area contributed by atoms with Crippen LogP contribution in [-0.2, 0) is 0 Å². The average Bonchev–Trinajstić information content (AvgIpc) is 2.90. The van der Waals surface area contributed by atoms with Gasteiger partial charge in [0, 0.05) is 13.1 Å². The SMILES string of the molecule is CC1CCC(CNC(=O)c2cccc3c2OCCN3)C1. The van der Waals surface area contributed by atoms with Gasteiger partial charge in [0.2, 0.25) is 0 Å². The van der Waals surface area contributed by atoms with Crippen molar-refractivity contribution in [1.29, 1.82) is 0 Å². The summed E-state index contributed by atoms with van der Waals surface area (Å²) in [5.74, 6) is 2.10. The van der Waals surface area contributed by atoms with Crippen LogP contribution >= 0.6 is 0 Å². The van der Waals surface area contributed by atoms with Crippen molar-refractivity contribution in [2.75, 3.05) is 25.0 Å².